The highest BCUT2D eigenvalue weighted by atomic mass is 79.9. The zero-order valence-electron chi connectivity index (χ0n) is 12.6. The summed E-state index contributed by atoms with van der Waals surface area (Å²) >= 11 is 3.23. The number of anilines is 1. The summed E-state index contributed by atoms with van der Waals surface area (Å²) in [6.45, 7) is -0.585. The zero-order valence-corrected chi connectivity index (χ0v) is 15.0. The van der Waals surface area contributed by atoms with Crippen LogP contribution in [-0.2, 0) is 14.8 Å². The largest absolute Gasteiger partial charge is 0.293 e. The average Bonchev–Trinajstić information content (AvgIpc) is 2.59. The fraction of sp³-hybridized carbons (Fsp3) is 0.0714. The lowest BCUT2D eigenvalue weighted by Gasteiger charge is -2.23. The number of amides is 1. The van der Waals surface area contributed by atoms with Crippen LogP contribution in [0.5, 0.6) is 0 Å². The number of hydrogen-bond donors (Lipinski definition) is 2. The van der Waals surface area contributed by atoms with E-state index in [-0.39, 0.29) is 16.3 Å². The maximum Gasteiger partial charge on any atom is 0.270 e. The van der Waals surface area contributed by atoms with Crippen LogP contribution in [0.15, 0.2) is 57.9 Å². The van der Waals surface area contributed by atoms with Crippen molar-refractivity contribution in [2.75, 3.05) is 10.8 Å². The Kier molecular flexibility index (Phi) is 5.72. The fourth-order valence-corrected chi connectivity index (χ4v) is 3.85. The van der Waals surface area contributed by atoms with E-state index in [1.54, 1.807) is 12.1 Å². The lowest BCUT2D eigenvalue weighted by Crippen LogP contribution is -2.43. The molecule has 0 bridgehead atoms. The lowest BCUT2D eigenvalue weighted by molar-refractivity contribution is -0.385. The van der Waals surface area contributed by atoms with E-state index in [2.05, 4.69) is 15.9 Å². The van der Waals surface area contributed by atoms with Gasteiger partial charge in [-0.1, -0.05) is 28.1 Å². The van der Waals surface area contributed by atoms with Crippen LogP contribution in [-0.4, -0.2) is 25.8 Å². The van der Waals surface area contributed by atoms with Crippen LogP contribution >= 0.6 is 15.9 Å². The van der Waals surface area contributed by atoms with E-state index in [0.29, 0.717) is 4.47 Å². The molecular weight excluding hydrogens is 416 g/mol. The highest BCUT2D eigenvalue weighted by Crippen LogP contribution is 2.27. The molecule has 0 aliphatic heterocycles. The molecule has 0 radical (unpaired) electrons. The van der Waals surface area contributed by atoms with Crippen molar-refractivity contribution < 1.29 is 18.1 Å². The third-order valence-corrected chi connectivity index (χ3v) is 5.42. The maximum absolute atomic E-state index is 12.9. The molecule has 3 N–H and O–H groups in total. The van der Waals surface area contributed by atoms with Crippen LogP contribution in [0.25, 0.3) is 0 Å². The van der Waals surface area contributed by atoms with Crippen molar-refractivity contribution in [2.45, 2.75) is 4.90 Å². The number of hydrazine groups is 1. The molecular formula is C14H13BrN4O5S. The van der Waals surface area contributed by atoms with Crippen molar-refractivity contribution in [2.24, 2.45) is 5.84 Å². The number of nitro groups is 1. The SMILES string of the molecule is NNC(=O)CN(c1cccc(Br)c1)S(=O)(=O)c1cccc([N+](=O)[O-])c1. The molecule has 0 saturated heterocycles. The second-order valence-electron chi connectivity index (χ2n) is 4.81. The zero-order chi connectivity index (χ0) is 18.6. The monoisotopic (exact) mass is 428 g/mol. The summed E-state index contributed by atoms with van der Waals surface area (Å²) in [5.41, 5.74) is 1.69. The molecule has 2 aromatic rings. The van der Waals surface area contributed by atoms with Gasteiger partial charge in [0.05, 0.1) is 15.5 Å². The van der Waals surface area contributed by atoms with Crippen molar-refractivity contribution >= 4 is 43.2 Å². The number of carbonyl (C=O) groups is 1. The number of sulfonamides is 1. The number of rotatable bonds is 6. The first kappa shape index (κ1) is 18.8. The normalized spacial score (nSPS) is 11.0. The van der Waals surface area contributed by atoms with Crippen molar-refractivity contribution in [1.29, 1.82) is 0 Å². The summed E-state index contributed by atoms with van der Waals surface area (Å²) in [6.07, 6.45) is 0. The Labute approximate surface area is 151 Å². The highest BCUT2D eigenvalue weighted by Gasteiger charge is 2.28. The topological polar surface area (TPSA) is 136 Å². The summed E-state index contributed by atoms with van der Waals surface area (Å²) in [5, 5.41) is 10.9. The molecule has 0 spiro atoms. The maximum atomic E-state index is 12.9. The van der Waals surface area contributed by atoms with Gasteiger partial charge in [-0.25, -0.2) is 14.3 Å². The van der Waals surface area contributed by atoms with E-state index in [4.69, 9.17) is 5.84 Å². The number of carbonyl (C=O) groups excluding carboxylic acids is 1. The first-order valence-corrected chi connectivity index (χ1v) is 9.01. The molecule has 132 valence electrons. The smallest absolute Gasteiger partial charge is 0.270 e. The molecule has 0 atom stereocenters. The number of nitro benzene ring substituents is 1. The lowest BCUT2D eigenvalue weighted by atomic mass is 10.3. The average molecular weight is 429 g/mol. The van der Waals surface area contributed by atoms with Crippen molar-refractivity contribution in [3.63, 3.8) is 0 Å². The van der Waals surface area contributed by atoms with Crippen molar-refractivity contribution in [1.82, 2.24) is 5.43 Å². The molecule has 0 aliphatic rings. The molecule has 0 aliphatic carbocycles. The van der Waals surface area contributed by atoms with Crippen LogP contribution in [0.3, 0.4) is 0 Å². The Balaban J connectivity index is 2.57. The highest BCUT2D eigenvalue weighted by molar-refractivity contribution is 9.10. The summed E-state index contributed by atoms with van der Waals surface area (Å²) in [4.78, 5) is 21.6. The second-order valence-corrected chi connectivity index (χ2v) is 7.59. The molecule has 25 heavy (non-hydrogen) atoms. The Morgan fingerprint density at radius 1 is 1.24 bits per heavy atom. The summed E-state index contributed by atoms with van der Waals surface area (Å²) in [7, 11) is -4.24. The van der Waals surface area contributed by atoms with Gasteiger partial charge < -0.3 is 0 Å². The number of nitrogens with one attached hydrogen (secondary N) is 1. The third kappa shape index (κ3) is 4.32. The first-order chi connectivity index (χ1) is 11.8. The van der Waals surface area contributed by atoms with Crippen LogP contribution < -0.4 is 15.6 Å². The predicted octanol–water partition coefficient (Wildman–Crippen LogP) is 1.54. The minimum absolute atomic E-state index is 0.199. The predicted molar refractivity (Wildman–Crippen MR) is 94.1 cm³/mol. The Morgan fingerprint density at radius 3 is 2.52 bits per heavy atom. The molecule has 9 nitrogen and oxygen atoms in total. The van der Waals surface area contributed by atoms with Gasteiger partial charge >= 0.3 is 0 Å². The number of halogens is 1. The van der Waals surface area contributed by atoms with Gasteiger partial charge in [-0.05, 0) is 24.3 Å². The number of non-ortho nitro benzene ring substituents is 1. The van der Waals surface area contributed by atoms with E-state index in [1.165, 1.54) is 30.3 Å². The quantitative estimate of drug-likeness (QED) is 0.310. The molecule has 0 heterocycles. The number of benzene rings is 2. The summed E-state index contributed by atoms with van der Waals surface area (Å²) in [6, 6.07) is 10.8. The molecule has 1 amide bonds. The first-order valence-electron chi connectivity index (χ1n) is 6.78. The van der Waals surface area contributed by atoms with Crippen LogP contribution in [0, 0.1) is 10.1 Å². The van der Waals surface area contributed by atoms with E-state index < -0.39 is 27.4 Å². The Bertz CT molecular complexity index is 919. The van der Waals surface area contributed by atoms with Crippen molar-refractivity contribution in [3.8, 4) is 0 Å². The number of nitrogens with two attached hydrogens (primary N) is 1. The van der Waals surface area contributed by atoms with Gasteiger partial charge in [0.15, 0.2) is 0 Å². The van der Waals surface area contributed by atoms with Gasteiger partial charge in [-0.15, -0.1) is 0 Å². The van der Waals surface area contributed by atoms with Gasteiger partial charge in [0.25, 0.3) is 21.6 Å². The van der Waals surface area contributed by atoms with Gasteiger partial charge in [0.1, 0.15) is 6.54 Å². The van der Waals surface area contributed by atoms with Gasteiger partial charge in [0, 0.05) is 16.6 Å². The van der Waals surface area contributed by atoms with Crippen LogP contribution in [0.4, 0.5) is 11.4 Å². The Morgan fingerprint density at radius 2 is 1.92 bits per heavy atom. The fourth-order valence-electron chi connectivity index (χ4n) is 2.01. The van der Waals surface area contributed by atoms with Crippen molar-refractivity contribution in [3.05, 3.63) is 63.1 Å². The molecule has 0 fully saturated rings. The molecule has 2 aromatic carbocycles. The van der Waals surface area contributed by atoms with Crippen LogP contribution in [0.1, 0.15) is 0 Å². The minimum Gasteiger partial charge on any atom is -0.293 e. The molecule has 11 heteroatoms. The molecule has 0 aromatic heterocycles. The molecule has 0 unspecified atom stereocenters. The molecule has 2 rings (SSSR count). The summed E-state index contributed by atoms with van der Waals surface area (Å²) in [5.74, 6) is 4.31. The Hall–Kier alpha value is -2.50. The number of nitrogens with zero attached hydrogens (tertiary/aromatic N) is 2. The van der Waals surface area contributed by atoms with Gasteiger partial charge in [0.2, 0.25) is 0 Å². The minimum atomic E-state index is -4.24. The second kappa shape index (κ2) is 7.59. The van der Waals surface area contributed by atoms with Gasteiger partial charge in [-0.3, -0.25) is 24.6 Å². The van der Waals surface area contributed by atoms with E-state index in [1.807, 2.05) is 5.43 Å². The van der Waals surface area contributed by atoms with E-state index in [9.17, 15) is 23.3 Å². The van der Waals surface area contributed by atoms with E-state index in [0.717, 1.165) is 10.4 Å². The standard InChI is InChI=1S/C14H13BrN4O5S/c15-10-3-1-4-11(7-10)18(9-14(20)17-16)25(23,24)13-6-2-5-12(8-13)19(21)22/h1-8H,9,16H2,(H,17,20). The van der Waals surface area contributed by atoms with Gasteiger partial charge in [-0.2, -0.15) is 0 Å². The van der Waals surface area contributed by atoms with Crippen LogP contribution in [0.2, 0.25) is 0 Å². The number of hydrogen-bond acceptors (Lipinski definition) is 6. The van der Waals surface area contributed by atoms with E-state index >= 15 is 0 Å². The third-order valence-electron chi connectivity index (χ3n) is 3.16. The molecule has 0 saturated carbocycles. The summed E-state index contributed by atoms with van der Waals surface area (Å²) < 4.78 is 27.3.